The van der Waals surface area contributed by atoms with Crippen LogP contribution in [0.15, 0.2) is 0 Å². The Morgan fingerprint density at radius 3 is 1.00 bits per heavy atom. The van der Waals surface area contributed by atoms with Gasteiger partial charge in [-0.15, -0.1) is 35.3 Å². The van der Waals surface area contributed by atoms with E-state index in [-0.39, 0.29) is 133 Å². The zero-order valence-electron chi connectivity index (χ0n) is 46.8. The maximum Gasteiger partial charge on any atom is 0.242 e. The largest absolute Gasteiger partial charge is 0.383 e. The number of carbonyl (C=O) groups excluding carboxylic acids is 16. The fraction of sp³-hybridized carbons (Fsp3) is 0.686. The molecule has 3 rings (SSSR count). The monoisotopic (exact) mass is 1210 g/mol. The number of thioether (sulfide) groups is 3. The van der Waals surface area contributed by atoms with Crippen molar-refractivity contribution in [1.29, 1.82) is 0 Å². The van der Waals surface area contributed by atoms with Crippen molar-refractivity contribution < 1.29 is 90.9 Å². The second-order valence-corrected chi connectivity index (χ2v) is 22.8. The van der Waals surface area contributed by atoms with Gasteiger partial charge in [0.05, 0.1) is 53.7 Å². The molecule has 3 aliphatic rings. The SMILES string of the molecule is COCCNC(=O)CCN1C(=O)CC(SC[C@H](NC(C)=O)C(=O)CCC(=O)N[C@@H](CSC2CC(=O)N(CCC(=O)NCCOC)C2=O)C(=O)CCC(=O)N[C@@H](CSC2CC(=O)N(CCC(=O)NCCOC)C2=O)C(=O)CCC(C)=O)C1=O. The van der Waals surface area contributed by atoms with Gasteiger partial charge in [0.1, 0.15) is 5.78 Å². The Balaban J connectivity index is 1.71. The van der Waals surface area contributed by atoms with Crippen molar-refractivity contribution in [3.05, 3.63) is 0 Å². The summed E-state index contributed by atoms with van der Waals surface area (Å²) in [7, 11) is 4.37. The predicted octanol–water partition coefficient (Wildman–Crippen LogP) is -2.86. The molecule has 6 N–H and O–H groups in total. The van der Waals surface area contributed by atoms with Crippen LogP contribution in [0.3, 0.4) is 0 Å². The van der Waals surface area contributed by atoms with E-state index in [4.69, 9.17) is 14.2 Å². The van der Waals surface area contributed by atoms with Gasteiger partial charge >= 0.3 is 0 Å². The van der Waals surface area contributed by atoms with Crippen LogP contribution in [0.5, 0.6) is 0 Å². The van der Waals surface area contributed by atoms with Crippen molar-refractivity contribution in [3.63, 3.8) is 0 Å². The van der Waals surface area contributed by atoms with Gasteiger partial charge in [0.25, 0.3) is 0 Å². The summed E-state index contributed by atoms with van der Waals surface area (Å²) in [6.45, 7) is 3.29. The molecular weight excluding hydrogens is 1140 g/mol. The highest BCUT2D eigenvalue weighted by molar-refractivity contribution is 8.01. The fourth-order valence-electron chi connectivity index (χ4n) is 8.19. The minimum Gasteiger partial charge on any atom is -0.383 e. The molecule has 0 aliphatic carbocycles. The van der Waals surface area contributed by atoms with Gasteiger partial charge in [0, 0.05) is 162 Å². The minimum absolute atomic E-state index is 0.145. The maximum absolute atomic E-state index is 14.0. The summed E-state index contributed by atoms with van der Waals surface area (Å²) in [5, 5.41) is 12.5. The van der Waals surface area contributed by atoms with Crippen molar-refractivity contribution in [2.24, 2.45) is 0 Å². The Hall–Kier alpha value is -6.15. The molecule has 3 unspecified atom stereocenters. The van der Waals surface area contributed by atoms with E-state index in [2.05, 4.69) is 31.9 Å². The number of methoxy groups -OCH3 is 3. The van der Waals surface area contributed by atoms with E-state index in [9.17, 15) is 76.7 Å². The summed E-state index contributed by atoms with van der Waals surface area (Å²) in [6.07, 6.45) is -3.80. The van der Waals surface area contributed by atoms with E-state index < -0.39 is 148 Å². The van der Waals surface area contributed by atoms with Gasteiger partial charge in [-0.25, -0.2) is 0 Å². The molecule has 0 aromatic heterocycles. The summed E-state index contributed by atoms with van der Waals surface area (Å²) < 4.78 is 14.7. The number of ketones is 4. The van der Waals surface area contributed by atoms with Crippen molar-refractivity contribution in [1.82, 2.24) is 46.6 Å². The number of rotatable bonds is 42. The van der Waals surface area contributed by atoms with Crippen molar-refractivity contribution in [2.75, 3.05) is 97.7 Å². The molecule has 456 valence electrons. The molecule has 3 aliphatic heterocycles. The van der Waals surface area contributed by atoms with Crippen LogP contribution in [0, 0.1) is 0 Å². The zero-order valence-corrected chi connectivity index (χ0v) is 49.2. The Labute approximate surface area is 487 Å². The van der Waals surface area contributed by atoms with E-state index in [0.717, 1.165) is 56.9 Å². The summed E-state index contributed by atoms with van der Waals surface area (Å²) in [5.74, 6) is -9.89. The molecule has 28 nitrogen and oxygen atoms in total. The van der Waals surface area contributed by atoms with Crippen LogP contribution in [-0.4, -0.2) is 240 Å². The highest BCUT2D eigenvalue weighted by atomic mass is 32.2. The van der Waals surface area contributed by atoms with E-state index >= 15 is 0 Å². The average Bonchev–Trinajstić information content (AvgIpc) is 4.12. The molecule has 82 heavy (non-hydrogen) atoms. The number of carbonyl (C=O) groups is 16. The third kappa shape index (κ3) is 24.7. The number of hydrogen-bond donors (Lipinski definition) is 6. The Kier molecular flexibility index (Phi) is 31.8. The standard InChI is InChI=1S/C51H75N9O19S3/c1-30(61)6-7-35(63)33(28-81-39-25-47(72)59(50(39)75)19-13-42(67)53-16-22-78-4)56-45(70)11-9-37(65)34(29-82-40-26-48(73)60(51(40)76)20-14-43(68)54-17-23-79-5)57-44(69)10-8-36(64)32(55-31(2)62)27-80-38-24-46(71)58(49(38)74)18-12-41(66)52-15-21-77-3/h32-34,38-40H,6-29H2,1-5H3,(H,52,66)(H,53,67)(H,54,68)(H,55,62)(H,56,70)(H,57,69)/t32-,33-,34-,38?,39?,40?/m0/s1. The number of likely N-dealkylation sites (tertiary alicyclic amines) is 3. The van der Waals surface area contributed by atoms with E-state index in [1.165, 1.54) is 28.3 Å². The van der Waals surface area contributed by atoms with Gasteiger partial charge in [0.15, 0.2) is 17.3 Å². The zero-order chi connectivity index (χ0) is 60.9. The predicted molar refractivity (Wildman–Crippen MR) is 296 cm³/mol. The number of Topliss-reactive ketones (excluding diaryl/α,β-unsaturated/α-hetero) is 4. The first-order valence-electron chi connectivity index (χ1n) is 26.6. The topological polar surface area (TPSA) is 383 Å². The highest BCUT2D eigenvalue weighted by Gasteiger charge is 2.42. The smallest absolute Gasteiger partial charge is 0.242 e. The van der Waals surface area contributed by atoms with Crippen LogP contribution in [0.1, 0.15) is 90.9 Å². The first-order valence-corrected chi connectivity index (χ1v) is 29.7. The van der Waals surface area contributed by atoms with Gasteiger partial charge in [-0.2, -0.15) is 0 Å². The lowest BCUT2D eigenvalue weighted by Gasteiger charge is -2.21. The molecule has 0 spiro atoms. The van der Waals surface area contributed by atoms with Gasteiger partial charge in [0.2, 0.25) is 70.9 Å². The molecule has 3 fully saturated rings. The first kappa shape index (κ1) is 70.1. The fourth-order valence-corrected chi connectivity index (χ4v) is 11.9. The van der Waals surface area contributed by atoms with E-state index in [1.54, 1.807) is 0 Å². The third-order valence-electron chi connectivity index (χ3n) is 12.7. The van der Waals surface area contributed by atoms with Gasteiger partial charge in [-0.3, -0.25) is 86.6 Å². The molecule has 12 amide bonds. The van der Waals surface area contributed by atoms with Crippen LogP contribution in [0.25, 0.3) is 0 Å². The van der Waals surface area contributed by atoms with Crippen molar-refractivity contribution >= 4 is 129 Å². The Morgan fingerprint density at radius 2 is 0.720 bits per heavy atom. The van der Waals surface area contributed by atoms with Gasteiger partial charge in [-0.05, 0) is 6.92 Å². The van der Waals surface area contributed by atoms with Crippen molar-refractivity contribution in [2.45, 2.75) is 125 Å². The summed E-state index contributed by atoms with van der Waals surface area (Å²) in [5.41, 5.74) is 0. The number of nitrogens with one attached hydrogen (secondary N) is 6. The molecule has 6 atom stereocenters. The summed E-state index contributed by atoms with van der Waals surface area (Å²) in [6, 6.07) is -3.93. The van der Waals surface area contributed by atoms with Crippen LogP contribution >= 0.6 is 35.3 Å². The number of hydrogen-bond acceptors (Lipinski definition) is 22. The van der Waals surface area contributed by atoms with Gasteiger partial charge < -0.3 is 50.9 Å². The molecule has 0 aromatic carbocycles. The number of nitrogens with zero attached hydrogens (tertiary/aromatic N) is 3. The van der Waals surface area contributed by atoms with Crippen molar-refractivity contribution in [3.8, 4) is 0 Å². The molecule has 0 aromatic rings. The average molecular weight is 1210 g/mol. The van der Waals surface area contributed by atoms with E-state index in [0.29, 0.717) is 0 Å². The maximum atomic E-state index is 14.0. The minimum atomic E-state index is -1.43. The van der Waals surface area contributed by atoms with Crippen LogP contribution < -0.4 is 31.9 Å². The normalized spacial score (nSPS) is 18.1. The molecule has 0 saturated carbocycles. The Morgan fingerprint density at radius 1 is 0.427 bits per heavy atom. The summed E-state index contributed by atoms with van der Waals surface area (Å²) >= 11 is 2.71. The van der Waals surface area contributed by atoms with Crippen LogP contribution in [0.4, 0.5) is 0 Å². The Bertz CT molecular complexity index is 2380. The quantitative estimate of drug-likeness (QED) is 0.0264. The number of imide groups is 3. The molecule has 31 heteroatoms. The number of amides is 12. The number of ether oxygens (including phenoxy) is 3. The molecule has 3 saturated heterocycles. The lowest BCUT2D eigenvalue weighted by atomic mass is 10.1. The molecular formula is C51H75N9O19S3. The summed E-state index contributed by atoms with van der Waals surface area (Å²) in [4.78, 5) is 210. The second kappa shape index (κ2) is 37.1. The lowest BCUT2D eigenvalue weighted by molar-refractivity contribution is -0.140. The lowest BCUT2D eigenvalue weighted by Crippen LogP contribution is -2.46. The molecule has 0 radical (unpaired) electrons. The van der Waals surface area contributed by atoms with Crippen LogP contribution in [-0.2, 0) is 90.9 Å². The van der Waals surface area contributed by atoms with Crippen LogP contribution in [0.2, 0.25) is 0 Å². The second-order valence-electron chi connectivity index (χ2n) is 19.1. The van der Waals surface area contributed by atoms with Gasteiger partial charge in [-0.1, -0.05) is 0 Å². The van der Waals surface area contributed by atoms with E-state index in [1.807, 2.05) is 0 Å². The molecule has 0 bridgehead atoms. The highest BCUT2D eigenvalue weighted by Crippen LogP contribution is 2.29. The first-order chi connectivity index (χ1) is 39.0. The molecule has 3 heterocycles. The third-order valence-corrected chi connectivity index (χ3v) is 16.6.